The van der Waals surface area contributed by atoms with Crippen molar-refractivity contribution in [3.8, 4) is 0 Å². The van der Waals surface area contributed by atoms with Gasteiger partial charge in [-0.1, -0.05) is 0 Å². The summed E-state index contributed by atoms with van der Waals surface area (Å²) in [6, 6.07) is 2.83. The van der Waals surface area contributed by atoms with Gasteiger partial charge in [-0.25, -0.2) is 4.39 Å². The summed E-state index contributed by atoms with van der Waals surface area (Å²) >= 11 is 0. The molecule has 1 atom stereocenters. The zero-order valence-corrected chi connectivity index (χ0v) is 9.48. The van der Waals surface area contributed by atoms with Gasteiger partial charge < -0.3 is 10.6 Å². The van der Waals surface area contributed by atoms with Crippen molar-refractivity contribution >= 4 is 11.6 Å². The van der Waals surface area contributed by atoms with Crippen molar-refractivity contribution in [2.45, 2.75) is 12.5 Å². The molecule has 0 spiro atoms. The minimum absolute atomic E-state index is 0.0141. The van der Waals surface area contributed by atoms with Crippen molar-refractivity contribution in [2.24, 2.45) is 0 Å². The van der Waals surface area contributed by atoms with E-state index >= 15 is 0 Å². The van der Waals surface area contributed by atoms with E-state index in [4.69, 9.17) is 0 Å². The van der Waals surface area contributed by atoms with Gasteiger partial charge in [-0.15, -0.1) is 0 Å². The number of nitro benzene ring substituents is 1. The van der Waals surface area contributed by atoms with Crippen LogP contribution in [0.25, 0.3) is 0 Å². The smallest absolute Gasteiger partial charge is 0.273 e. The van der Waals surface area contributed by atoms with E-state index in [1.165, 1.54) is 0 Å². The summed E-state index contributed by atoms with van der Waals surface area (Å²) in [6.07, 6.45) is 0.795. The maximum absolute atomic E-state index is 13.2. The lowest BCUT2D eigenvalue weighted by atomic mass is 10.1. The molecule has 1 heterocycles. The Kier molecular flexibility index (Phi) is 3.52. The molecule has 0 bridgehead atoms. The second-order valence-corrected chi connectivity index (χ2v) is 4.12. The number of nitrogens with one attached hydrogen (secondary N) is 2. The standard InChI is InChI=1S/C11H12FN3O3/c12-8-3-7(4-10(5-8)15(17)18)11(16)14-9-1-2-13-6-9/h3-5,9,13H,1-2,6H2,(H,14,16). The highest BCUT2D eigenvalue weighted by Gasteiger charge is 2.19. The average Bonchev–Trinajstić information content (AvgIpc) is 2.80. The fourth-order valence-electron chi connectivity index (χ4n) is 1.86. The molecule has 0 aliphatic carbocycles. The van der Waals surface area contributed by atoms with E-state index < -0.39 is 22.3 Å². The van der Waals surface area contributed by atoms with Crippen LogP contribution in [0.4, 0.5) is 10.1 Å². The van der Waals surface area contributed by atoms with Crippen LogP contribution in [0, 0.1) is 15.9 Å². The van der Waals surface area contributed by atoms with Crippen molar-refractivity contribution in [2.75, 3.05) is 13.1 Å². The maximum atomic E-state index is 13.2. The molecular formula is C11H12FN3O3. The summed E-state index contributed by atoms with van der Waals surface area (Å²) in [5.41, 5.74) is -0.460. The highest BCUT2D eigenvalue weighted by molar-refractivity contribution is 5.95. The Balaban J connectivity index is 2.16. The third-order valence-electron chi connectivity index (χ3n) is 2.75. The zero-order chi connectivity index (χ0) is 13.1. The molecule has 18 heavy (non-hydrogen) atoms. The fraction of sp³-hybridized carbons (Fsp3) is 0.364. The molecular weight excluding hydrogens is 241 g/mol. The molecule has 2 N–H and O–H groups in total. The molecule has 1 aromatic rings. The highest BCUT2D eigenvalue weighted by Crippen LogP contribution is 2.16. The number of carbonyl (C=O) groups is 1. The summed E-state index contributed by atoms with van der Waals surface area (Å²) in [6.45, 7) is 1.47. The van der Waals surface area contributed by atoms with Gasteiger partial charge in [0.15, 0.2) is 0 Å². The maximum Gasteiger partial charge on any atom is 0.273 e. The highest BCUT2D eigenvalue weighted by atomic mass is 19.1. The van der Waals surface area contributed by atoms with Crippen LogP contribution in [0.3, 0.4) is 0 Å². The first-order chi connectivity index (χ1) is 8.56. The van der Waals surface area contributed by atoms with E-state index in [0.717, 1.165) is 31.2 Å². The molecule has 0 saturated carbocycles. The first kappa shape index (κ1) is 12.4. The van der Waals surface area contributed by atoms with Crippen LogP contribution >= 0.6 is 0 Å². The summed E-state index contributed by atoms with van der Waals surface area (Å²) in [4.78, 5) is 21.6. The number of nitrogens with zero attached hydrogens (tertiary/aromatic N) is 1. The molecule has 1 aliphatic rings. The monoisotopic (exact) mass is 253 g/mol. The van der Waals surface area contributed by atoms with Gasteiger partial charge in [-0.2, -0.15) is 0 Å². The van der Waals surface area contributed by atoms with Crippen molar-refractivity contribution < 1.29 is 14.1 Å². The number of amides is 1. The Bertz CT molecular complexity index is 486. The number of rotatable bonds is 3. The van der Waals surface area contributed by atoms with Gasteiger partial charge in [-0.3, -0.25) is 14.9 Å². The summed E-state index contributed by atoms with van der Waals surface area (Å²) in [5.74, 6) is -1.29. The van der Waals surface area contributed by atoms with Gasteiger partial charge in [0.25, 0.3) is 11.6 Å². The van der Waals surface area contributed by atoms with Crippen molar-refractivity contribution in [3.05, 3.63) is 39.7 Å². The zero-order valence-electron chi connectivity index (χ0n) is 9.48. The predicted molar refractivity (Wildman–Crippen MR) is 61.8 cm³/mol. The minimum atomic E-state index is -0.793. The SMILES string of the molecule is O=C(NC1CCNC1)c1cc(F)cc([N+](=O)[O-])c1. The molecule has 2 rings (SSSR count). The summed E-state index contributed by atoms with van der Waals surface area (Å²) in [5, 5.41) is 16.3. The lowest BCUT2D eigenvalue weighted by Gasteiger charge is -2.11. The van der Waals surface area contributed by atoms with Crippen LogP contribution in [0.5, 0.6) is 0 Å². The third-order valence-corrected chi connectivity index (χ3v) is 2.75. The molecule has 1 fully saturated rings. The third kappa shape index (κ3) is 2.80. The molecule has 1 amide bonds. The fourth-order valence-corrected chi connectivity index (χ4v) is 1.86. The first-order valence-corrected chi connectivity index (χ1v) is 5.53. The minimum Gasteiger partial charge on any atom is -0.348 e. The summed E-state index contributed by atoms with van der Waals surface area (Å²) < 4.78 is 13.2. The number of nitro groups is 1. The van der Waals surface area contributed by atoms with Crippen LogP contribution in [0.1, 0.15) is 16.8 Å². The van der Waals surface area contributed by atoms with Crippen LogP contribution in [0.2, 0.25) is 0 Å². The van der Waals surface area contributed by atoms with Crippen LogP contribution in [0.15, 0.2) is 18.2 Å². The van der Waals surface area contributed by atoms with Crippen molar-refractivity contribution in [1.29, 1.82) is 0 Å². The molecule has 0 radical (unpaired) electrons. The van der Waals surface area contributed by atoms with Crippen molar-refractivity contribution in [3.63, 3.8) is 0 Å². The average molecular weight is 253 g/mol. The first-order valence-electron chi connectivity index (χ1n) is 5.53. The number of non-ortho nitro benzene ring substituents is 1. The van der Waals surface area contributed by atoms with E-state index in [1.54, 1.807) is 0 Å². The van der Waals surface area contributed by atoms with Crippen LogP contribution in [-0.4, -0.2) is 30.0 Å². The molecule has 1 saturated heterocycles. The van der Waals surface area contributed by atoms with Gasteiger partial charge in [0.2, 0.25) is 0 Å². The van der Waals surface area contributed by atoms with Gasteiger partial charge in [0.1, 0.15) is 5.82 Å². The molecule has 96 valence electrons. The normalized spacial score (nSPS) is 18.6. The van der Waals surface area contributed by atoms with E-state index in [9.17, 15) is 19.3 Å². The van der Waals surface area contributed by atoms with E-state index in [2.05, 4.69) is 10.6 Å². The molecule has 1 aromatic carbocycles. The Morgan fingerprint density at radius 2 is 2.28 bits per heavy atom. The summed E-state index contributed by atoms with van der Waals surface area (Å²) in [7, 11) is 0. The quantitative estimate of drug-likeness (QED) is 0.617. The van der Waals surface area contributed by atoms with Gasteiger partial charge in [0.05, 0.1) is 11.0 Å². The molecule has 1 unspecified atom stereocenters. The second-order valence-electron chi connectivity index (χ2n) is 4.12. The Morgan fingerprint density at radius 3 is 2.89 bits per heavy atom. The van der Waals surface area contributed by atoms with Gasteiger partial charge >= 0.3 is 0 Å². The van der Waals surface area contributed by atoms with E-state index in [-0.39, 0.29) is 11.6 Å². The molecule has 1 aliphatic heterocycles. The molecule has 7 heteroatoms. The van der Waals surface area contributed by atoms with Gasteiger partial charge in [-0.05, 0) is 19.0 Å². The lowest BCUT2D eigenvalue weighted by Crippen LogP contribution is -2.36. The number of hydrogen-bond donors (Lipinski definition) is 2. The van der Waals surface area contributed by atoms with Crippen LogP contribution in [-0.2, 0) is 0 Å². The molecule has 0 aromatic heterocycles. The number of carbonyl (C=O) groups excluding carboxylic acids is 1. The van der Waals surface area contributed by atoms with Crippen LogP contribution < -0.4 is 10.6 Å². The Labute approximate surface area is 102 Å². The Hall–Kier alpha value is -2.02. The van der Waals surface area contributed by atoms with E-state index in [1.807, 2.05) is 0 Å². The number of hydrogen-bond acceptors (Lipinski definition) is 4. The number of halogens is 1. The lowest BCUT2D eigenvalue weighted by molar-refractivity contribution is -0.385. The Morgan fingerprint density at radius 1 is 1.50 bits per heavy atom. The topological polar surface area (TPSA) is 84.3 Å². The largest absolute Gasteiger partial charge is 0.348 e. The van der Waals surface area contributed by atoms with E-state index in [0.29, 0.717) is 6.54 Å². The second kappa shape index (κ2) is 5.09. The predicted octanol–water partition coefficient (Wildman–Crippen LogP) is 0.826. The van der Waals surface area contributed by atoms with Crippen molar-refractivity contribution in [1.82, 2.24) is 10.6 Å². The number of benzene rings is 1. The molecule has 6 nitrogen and oxygen atoms in total. The van der Waals surface area contributed by atoms with Gasteiger partial charge in [0, 0.05) is 24.2 Å².